The third kappa shape index (κ3) is 3.57. The van der Waals surface area contributed by atoms with Crippen molar-refractivity contribution in [3.8, 4) is 0 Å². The normalized spacial score (nSPS) is 12.6. The van der Waals surface area contributed by atoms with Gasteiger partial charge in [-0.15, -0.1) is 0 Å². The van der Waals surface area contributed by atoms with Crippen LogP contribution >= 0.6 is 0 Å². The Morgan fingerprint density at radius 2 is 2.06 bits per heavy atom. The molecule has 0 unspecified atom stereocenters. The molecule has 3 nitrogen and oxygen atoms in total. The van der Waals surface area contributed by atoms with Crippen LogP contribution < -0.4 is 11.1 Å². The Kier molecular flexibility index (Phi) is 5.35. The van der Waals surface area contributed by atoms with Crippen molar-refractivity contribution in [3.63, 3.8) is 0 Å². The topological polar surface area (TPSA) is 55.1 Å². The molecule has 0 heterocycles. The van der Waals surface area contributed by atoms with Crippen LogP contribution in [-0.2, 0) is 4.79 Å². The summed E-state index contributed by atoms with van der Waals surface area (Å²) < 4.78 is 0. The molecular formula is C15H24N2O. The van der Waals surface area contributed by atoms with Crippen molar-refractivity contribution in [2.45, 2.75) is 52.5 Å². The van der Waals surface area contributed by atoms with Crippen LogP contribution in [0.3, 0.4) is 0 Å². The van der Waals surface area contributed by atoms with Crippen molar-refractivity contribution in [2.75, 3.05) is 5.32 Å². The van der Waals surface area contributed by atoms with Crippen LogP contribution in [0.15, 0.2) is 18.2 Å². The van der Waals surface area contributed by atoms with Crippen LogP contribution in [-0.4, -0.2) is 11.9 Å². The highest BCUT2D eigenvalue weighted by atomic mass is 16.2. The quantitative estimate of drug-likeness (QED) is 0.840. The minimum Gasteiger partial charge on any atom is -0.324 e. The Balaban J connectivity index is 2.93. The molecular weight excluding hydrogens is 224 g/mol. The summed E-state index contributed by atoms with van der Waals surface area (Å²) in [6, 6.07) is 5.66. The van der Waals surface area contributed by atoms with Crippen LogP contribution in [0.2, 0.25) is 0 Å². The molecule has 1 amide bonds. The summed E-state index contributed by atoms with van der Waals surface area (Å²) in [5, 5.41) is 2.98. The lowest BCUT2D eigenvalue weighted by atomic mass is 9.98. The molecule has 0 aliphatic heterocycles. The van der Waals surface area contributed by atoms with Gasteiger partial charge in [-0.1, -0.05) is 45.4 Å². The van der Waals surface area contributed by atoms with Gasteiger partial charge < -0.3 is 11.1 Å². The first kappa shape index (κ1) is 14.7. The monoisotopic (exact) mass is 248 g/mol. The number of benzene rings is 1. The average molecular weight is 248 g/mol. The SMILES string of the molecule is CCC[C@H](N)C(=O)Nc1c(C)cccc1C(C)C. The molecule has 0 bridgehead atoms. The molecule has 0 aliphatic carbocycles. The van der Waals surface area contributed by atoms with E-state index in [9.17, 15) is 4.79 Å². The molecule has 0 aliphatic rings. The molecule has 3 heteroatoms. The minimum absolute atomic E-state index is 0.0898. The maximum absolute atomic E-state index is 12.0. The zero-order valence-corrected chi connectivity index (χ0v) is 11.8. The fourth-order valence-electron chi connectivity index (χ4n) is 2.00. The zero-order valence-electron chi connectivity index (χ0n) is 11.8. The van der Waals surface area contributed by atoms with Gasteiger partial charge in [0.15, 0.2) is 0 Å². The second-order valence-electron chi connectivity index (χ2n) is 5.08. The number of hydrogen-bond acceptors (Lipinski definition) is 2. The van der Waals surface area contributed by atoms with Gasteiger partial charge in [0.05, 0.1) is 6.04 Å². The molecule has 3 N–H and O–H groups in total. The first-order chi connectivity index (χ1) is 8.47. The van der Waals surface area contributed by atoms with E-state index in [2.05, 4.69) is 25.2 Å². The summed E-state index contributed by atoms with van der Waals surface area (Å²) in [7, 11) is 0. The Hall–Kier alpha value is -1.35. The van der Waals surface area contributed by atoms with Crippen LogP contribution in [0.1, 0.15) is 50.7 Å². The van der Waals surface area contributed by atoms with E-state index >= 15 is 0 Å². The van der Waals surface area contributed by atoms with Crippen molar-refractivity contribution in [1.82, 2.24) is 0 Å². The molecule has 0 fully saturated rings. The summed E-state index contributed by atoms with van der Waals surface area (Å²) in [6.07, 6.45) is 1.63. The highest BCUT2D eigenvalue weighted by Crippen LogP contribution is 2.27. The van der Waals surface area contributed by atoms with E-state index in [0.717, 1.165) is 23.2 Å². The lowest BCUT2D eigenvalue weighted by Crippen LogP contribution is -2.35. The predicted octanol–water partition coefficient (Wildman–Crippen LogP) is 3.18. The molecule has 1 aromatic rings. The van der Waals surface area contributed by atoms with E-state index in [0.29, 0.717) is 12.3 Å². The minimum atomic E-state index is -0.422. The van der Waals surface area contributed by atoms with E-state index in [1.54, 1.807) is 0 Å². The molecule has 0 saturated heterocycles. The van der Waals surface area contributed by atoms with Crippen molar-refractivity contribution in [3.05, 3.63) is 29.3 Å². The van der Waals surface area contributed by atoms with Crippen LogP contribution in [0.5, 0.6) is 0 Å². The number of nitrogens with one attached hydrogen (secondary N) is 1. The Morgan fingerprint density at radius 1 is 1.39 bits per heavy atom. The van der Waals surface area contributed by atoms with Crippen LogP contribution in [0, 0.1) is 6.92 Å². The maximum atomic E-state index is 12.0. The van der Waals surface area contributed by atoms with E-state index < -0.39 is 6.04 Å². The predicted molar refractivity (Wildman–Crippen MR) is 76.8 cm³/mol. The van der Waals surface area contributed by atoms with Gasteiger partial charge >= 0.3 is 0 Å². The number of para-hydroxylation sites is 1. The van der Waals surface area contributed by atoms with E-state index in [-0.39, 0.29) is 5.91 Å². The summed E-state index contributed by atoms with van der Waals surface area (Å²) >= 11 is 0. The molecule has 0 aromatic heterocycles. The highest BCUT2D eigenvalue weighted by molar-refractivity contribution is 5.96. The van der Waals surface area contributed by atoms with Crippen molar-refractivity contribution in [2.24, 2.45) is 5.73 Å². The van der Waals surface area contributed by atoms with Gasteiger partial charge in [-0.2, -0.15) is 0 Å². The van der Waals surface area contributed by atoms with E-state index in [1.165, 1.54) is 0 Å². The molecule has 1 atom stereocenters. The van der Waals surface area contributed by atoms with Gasteiger partial charge in [0, 0.05) is 5.69 Å². The highest BCUT2D eigenvalue weighted by Gasteiger charge is 2.16. The number of amides is 1. The van der Waals surface area contributed by atoms with E-state index in [1.807, 2.05) is 26.0 Å². The van der Waals surface area contributed by atoms with Gasteiger partial charge in [-0.3, -0.25) is 4.79 Å². The van der Waals surface area contributed by atoms with Crippen molar-refractivity contribution >= 4 is 11.6 Å². The number of carbonyl (C=O) groups excluding carboxylic acids is 1. The fraction of sp³-hybridized carbons (Fsp3) is 0.533. The Bertz CT molecular complexity index is 413. The lowest BCUT2D eigenvalue weighted by Gasteiger charge is -2.18. The van der Waals surface area contributed by atoms with Gasteiger partial charge in [0.25, 0.3) is 0 Å². The largest absolute Gasteiger partial charge is 0.324 e. The fourth-order valence-corrected chi connectivity index (χ4v) is 2.00. The summed E-state index contributed by atoms with van der Waals surface area (Å²) in [5.74, 6) is 0.288. The third-order valence-electron chi connectivity index (χ3n) is 3.11. The number of anilines is 1. The van der Waals surface area contributed by atoms with Gasteiger partial charge in [-0.05, 0) is 30.4 Å². The number of hydrogen-bond donors (Lipinski definition) is 2. The number of rotatable bonds is 5. The van der Waals surface area contributed by atoms with Crippen LogP contribution in [0.25, 0.3) is 0 Å². The standard InChI is InChI=1S/C15H24N2O/c1-5-7-13(16)15(18)17-14-11(4)8-6-9-12(14)10(2)3/h6,8-10,13H,5,7,16H2,1-4H3,(H,17,18)/t13-/m0/s1. The summed E-state index contributed by atoms with van der Waals surface area (Å²) in [4.78, 5) is 12.0. The smallest absolute Gasteiger partial charge is 0.241 e. The molecule has 100 valence electrons. The second kappa shape index (κ2) is 6.55. The maximum Gasteiger partial charge on any atom is 0.241 e. The molecule has 0 spiro atoms. The molecule has 0 radical (unpaired) electrons. The molecule has 1 aromatic carbocycles. The van der Waals surface area contributed by atoms with Crippen LogP contribution in [0.4, 0.5) is 5.69 Å². The number of carbonyl (C=O) groups is 1. The number of nitrogens with two attached hydrogens (primary N) is 1. The number of aryl methyl sites for hydroxylation is 1. The van der Waals surface area contributed by atoms with Gasteiger partial charge in [0.2, 0.25) is 5.91 Å². The third-order valence-corrected chi connectivity index (χ3v) is 3.11. The van der Waals surface area contributed by atoms with E-state index in [4.69, 9.17) is 5.73 Å². The summed E-state index contributed by atoms with van der Waals surface area (Å²) in [5.41, 5.74) is 9.00. The van der Waals surface area contributed by atoms with Crippen molar-refractivity contribution < 1.29 is 4.79 Å². The first-order valence-electron chi connectivity index (χ1n) is 6.63. The second-order valence-corrected chi connectivity index (χ2v) is 5.08. The van der Waals surface area contributed by atoms with Gasteiger partial charge in [-0.25, -0.2) is 0 Å². The lowest BCUT2D eigenvalue weighted by molar-refractivity contribution is -0.117. The Morgan fingerprint density at radius 3 is 2.61 bits per heavy atom. The molecule has 18 heavy (non-hydrogen) atoms. The van der Waals surface area contributed by atoms with Gasteiger partial charge in [0.1, 0.15) is 0 Å². The zero-order chi connectivity index (χ0) is 13.7. The Labute approximate surface area is 110 Å². The first-order valence-corrected chi connectivity index (χ1v) is 6.63. The molecule has 1 rings (SSSR count). The average Bonchev–Trinajstić information content (AvgIpc) is 2.31. The summed E-state index contributed by atoms with van der Waals surface area (Å²) in [6.45, 7) is 8.28. The van der Waals surface area contributed by atoms with Crippen molar-refractivity contribution in [1.29, 1.82) is 0 Å². The molecule has 0 saturated carbocycles.